The Morgan fingerprint density at radius 1 is 1.04 bits per heavy atom. The van der Waals surface area contributed by atoms with Gasteiger partial charge in [-0.25, -0.2) is 9.18 Å². The summed E-state index contributed by atoms with van der Waals surface area (Å²) in [6.45, 7) is 4.59. The highest BCUT2D eigenvalue weighted by molar-refractivity contribution is 5.90. The Kier molecular flexibility index (Phi) is 5.91. The lowest BCUT2D eigenvalue weighted by Gasteiger charge is -2.23. The smallest absolute Gasteiger partial charge is 0.322 e. The Labute approximate surface area is 158 Å². The number of hydrogen-bond acceptors (Lipinski definition) is 2. The van der Waals surface area contributed by atoms with Crippen LogP contribution in [-0.2, 0) is 19.5 Å². The second-order valence-electron chi connectivity index (χ2n) is 6.44. The number of halogens is 1. The molecule has 0 atom stereocenters. The van der Waals surface area contributed by atoms with Crippen molar-refractivity contribution in [2.24, 2.45) is 0 Å². The lowest BCUT2D eigenvalue weighted by Crippen LogP contribution is -2.34. The number of nitrogens with zero attached hydrogens (tertiary/aromatic N) is 1. The van der Waals surface area contributed by atoms with Gasteiger partial charge in [-0.2, -0.15) is 0 Å². The maximum absolute atomic E-state index is 13.2. The van der Waals surface area contributed by atoms with Crippen molar-refractivity contribution < 1.29 is 13.6 Å². The molecule has 1 N–H and O–H groups in total. The van der Waals surface area contributed by atoms with Gasteiger partial charge < -0.3 is 14.6 Å². The van der Waals surface area contributed by atoms with Crippen LogP contribution < -0.4 is 5.32 Å². The van der Waals surface area contributed by atoms with Crippen LogP contribution in [-0.4, -0.2) is 10.9 Å². The van der Waals surface area contributed by atoms with Gasteiger partial charge in [-0.3, -0.25) is 0 Å². The number of amides is 2. The molecule has 3 rings (SSSR count). The van der Waals surface area contributed by atoms with Crippen molar-refractivity contribution in [1.82, 2.24) is 4.90 Å². The number of nitrogens with one attached hydrogen (secondary N) is 1. The van der Waals surface area contributed by atoms with E-state index in [1.807, 2.05) is 50.2 Å². The molecule has 1 aromatic heterocycles. The van der Waals surface area contributed by atoms with Gasteiger partial charge in [-0.05, 0) is 54.8 Å². The molecular formula is C22H23FN2O2. The van der Waals surface area contributed by atoms with Crippen molar-refractivity contribution in [2.75, 3.05) is 5.32 Å². The lowest BCUT2D eigenvalue weighted by molar-refractivity contribution is 0.201. The standard InChI is InChI=1S/C22H23FN2O2/c1-3-18-6-4-5-7-21(18)24-22(26)25(15-20-13-8-16(2)27-20)14-17-9-11-19(23)12-10-17/h4-13H,3,14-15H2,1-2H3,(H,24,26). The van der Waals surface area contributed by atoms with E-state index in [-0.39, 0.29) is 11.8 Å². The SMILES string of the molecule is CCc1ccccc1NC(=O)N(Cc1ccc(F)cc1)Cc1ccc(C)o1. The molecule has 0 spiro atoms. The topological polar surface area (TPSA) is 45.5 Å². The van der Waals surface area contributed by atoms with Crippen LogP contribution in [0.1, 0.15) is 29.6 Å². The molecule has 0 unspecified atom stereocenters. The number of urea groups is 1. The van der Waals surface area contributed by atoms with Gasteiger partial charge in [0.15, 0.2) is 0 Å². The number of carbonyl (C=O) groups is 1. The number of para-hydroxylation sites is 1. The fraction of sp³-hybridized carbons (Fsp3) is 0.227. The van der Waals surface area contributed by atoms with Gasteiger partial charge in [0.1, 0.15) is 17.3 Å². The van der Waals surface area contributed by atoms with Crippen LogP contribution in [0.25, 0.3) is 0 Å². The van der Waals surface area contributed by atoms with Crippen LogP contribution in [0.15, 0.2) is 65.1 Å². The number of furan rings is 1. The van der Waals surface area contributed by atoms with E-state index < -0.39 is 0 Å². The quantitative estimate of drug-likeness (QED) is 0.624. The number of rotatable bonds is 6. The van der Waals surface area contributed by atoms with E-state index in [1.165, 1.54) is 12.1 Å². The highest BCUT2D eigenvalue weighted by atomic mass is 19.1. The van der Waals surface area contributed by atoms with Gasteiger partial charge in [-0.15, -0.1) is 0 Å². The molecular weight excluding hydrogens is 343 g/mol. The molecule has 2 aromatic carbocycles. The van der Waals surface area contributed by atoms with Crippen molar-refractivity contribution in [3.05, 3.63) is 89.1 Å². The van der Waals surface area contributed by atoms with Crippen molar-refractivity contribution in [2.45, 2.75) is 33.4 Å². The molecule has 0 fully saturated rings. The third kappa shape index (κ3) is 4.97. The second kappa shape index (κ2) is 8.54. The van der Waals surface area contributed by atoms with E-state index in [0.717, 1.165) is 29.0 Å². The molecule has 1 heterocycles. The first-order valence-corrected chi connectivity index (χ1v) is 8.98. The highest BCUT2D eigenvalue weighted by Gasteiger charge is 2.17. The highest BCUT2D eigenvalue weighted by Crippen LogP contribution is 2.19. The van der Waals surface area contributed by atoms with E-state index in [2.05, 4.69) is 5.32 Å². The number of hydrogen-bond donors (Lipinski definition) is 1. The number of aryl methyl sites for hydroxylation is 2. The van der Waals surface area contributed by atoms with E-state index >= 15 is 0 Å². The van der Waals surface area contributed by atoms with Crippen LogP contribution in [0.2, 0.25) is 0 Å². The third-order valence-electron chi connectivity index (χ3n) is 4.36. The van der Waals surface area contributed by atoms with Crippen molar-refractivity contribution in [3.63, 3.8) is 0 Å². The maximum atomic E-state index is 13.2. The predicted molar refractivity (Wildman–Crippen MR) is 104 cm³/mol. The van der Waals surface area contributed by atoms with Gasteiger partial charge in [-0.1, -0.05) is 37.3 Å². The zero-order valence-electron chi connectivity index (χ0n) is 15.5. The Bertz CT molecular complexity index is 903. The second-order valence-corrected chi connectivity index (χ2v) is 6.44. The number of anilines is 1. The lowest BCUT2D eigenvalue weighted by atomic mass is 10.1. The first kappa shape index (κ1) is 18.7. The molecule has 0 aliphatic carbocycles. The van der Waals surface area contributed by atoms with Crippen molar-refractivity contribution in [1.29, 1.82) is 0 Å². The summed E-state index contributed by atoms with van der Waals surface area (Å²) in [5.41, 5.74) is 2.71. The van der Waals surface area contributed by atoms with Gasteiger partial charge in [0, 0.05) is 12.2 Å². The zero-order valence-corrected chi connectivity index (χ0v) is 15.5. The number of benzene rings is 2. The van der Waals surface area contributed by atoms with Crippen LogP contribution in [0, 0.1) is 12.7 Å². The van der Waals surface area contributed by atoms with Gasteiger partial charge in [0.05, 0.1) is 6.54 Å². The summed E-state index contributed by atoms with van der Waals surface area (Å²) in [5.74, 6) is 1.20. The Morgan fingerprint density at radius 3 is 2.44 bits per heavy atom. The van der Waals surface area contributed by atoms with Crippen LogP contribution >= 0.6 is 0 Å². The predicted octanol–water partition coefficient (Wildman–Crippen LogP) is 5.52. The Morgan fingerprint density at radius 2 is 1.78 bits per heavy atom. The van der Waals surface area contributed by atoms with E-state index in [4.69, 9.17) is 4.42 Å². The molecule has 3 aromatic rings. The molecule has 140 valence electrons. The summed E-state index contributed by atoms with van der Waals surface area (Å²) in [6, 6.07) is 17.4. The van der Waals surface area contributed by atoms with Gasteiger partial charge in [0.25, 0.3) is 0 Å². The van der Waals surface area contributed by atoms with E-state index in [0.29, 0.717) is 18.8 Å². The van der Waals surface area contributed by atoms with Crippen molar-refractivity contribution >= 4 is 11.7 Å². The Hall–Kier alpha value is -3.08. The largest absolute Gasteiger partial charge is 0.464 e. The molecule has 2 amide bonds. The molecule has 0 saturated carbocycles. The average Bonchev–Trinajstić information content (AvgIpc) is 3.08. The van der Waals surface area contributed by atoms with Crippen LogP contribution in [0.4, 0.5) is 14.9 Å². The minimum absolute atomic E-state index is 0.228. The first-order valence-electron chi connectivity index (χ1n) is 8.98. The fourth-order valence-corrected chi connectivity index (χ4v) is 2.91. The molecule has 0 bridgehead atoms. The third-order valence-corrected chi connectivity index (χ3v) is 4.36. The molecule has 0 saturated heterocycles. The maximum Gasteiger partial charge on any atom is 0.322 e. The minimum atomic E-state index is -0.298. The number of carbonyl (C=O) groups excluding carboxylic acids is 1. The minimum Gasteiger partial charge on any atom is -0.464 e. The molecule has 0 aliphatic heterocycles. The summed E-state index contributed by atoms with van der Waals surface area (Å²) in [4.78, 5) is 14.6. The summed E-state index contributed by atoms with van der Waals surface area (Å²) in [5, 5.41) is 2.99. The molecule has 0 aliphatic rings. The monoisotopic (exact) mass is 366 g/mol. The first-order chi connectivity index (χ1) is 13.0. The molecule has 4 nitrogen and oxygen atoms in total. The van der Waals surface area contributed by atoms with Crippen LogP contribution in [0.5, 0.6) is 0 Å². The summed E-state index contributed by atoms with van der Waals surface area (Å²) in [7, 11) is 0. The van der Waals surface area contributed by atoms with Crippen molar-refractivity contribution in [3.8, 4) is 0 Å². The summed E-state index contributed by atoms with van der Waals surface area (Å²) < 4.78 is 18.8. The fourth-order valence-electron chi connectivity index (χ4n) is 2.91. The van der Waals surface area contributed by atoms with E-state index in [9.17, 15) is 9.18 Å². The van der Waals surface area contributed by atoms with Gasteiger partial charge in [0.2, 0.25) is 0 Å². The van der Waals surface area contributed by atoms with Crippen LogP contribution in [0.3, 0.4) is 0 Å². The molecule has 5 heteroatoms. The average molecular weight is 366 g/mol. The van der Waals surface area contributed by atoms with E-state index in [1.54, 1.807) is 17.0 Å². The molecule has 0 radical (unpaired) electrons. The summed E-state index contributed by atoms with van der Waals surface area (Å²) >= 11 is 0. The normalized spacial score (nSPS) is 10.6. The summed E-state index contributed by atoms with van der Waals surface area (Å²) in [6.07, 6.45) is 0.825. The Balaban J connectivity index is 1.81. The van der Waals surface area contributed by atoms with Gasteiger partial charge >= 0.3 is 6.03 Å². The molecule has 27 heavy (non-hydrogen) atoms. The zero-order chi connectivity index (χ0) is 19.2.